The summed E-state index contributed by atoms with van der Waals surface area (Å²) in [5.41, 5.74) is 4.74. The first-order valence-electron chi connectivity index (χ1n) is 8.43. The Morgan fingerprint density at radius 2 is 1.88 bits per heavy atom. The van der Waals surface area contributed by atoms with Gasteiger partial charge in [0.25, 0.3) is 0 Å². The molecule has 1 unspecified atom stereocenters. The number of carbonyl (C=O) groups excluding carboxylic acids is 1. The molecule has 2 aromatic carbocycles. The van der Waals surface area contributed by atoms with E-state index in [0.29, 0.717) is 11.4 Å². The molecule has 1 heterocycles. The Kier molecular flexibility index (Phi) is 4.87. The lowest BCUT2D eigenvalue weighted by molar-refractivity contribution is 0.207. The van der Waals surface area contributed by atoms with Crippen LogP contribution >= 0.6 is 0 Å². The third kappa shape index (κ3) is 4.16. The fraction of sp³-hybridized carbons (Fsp3) is 0.190. The van der Waals surface area contributed by atoms with Gasteiger partial charge in [0.15, 0.2) is 0 Å². The third-order valence-electron chi connectivity index (χ3n) is 3.75. The Balaban J connectivity index is 1.98. The maximum Gasteiger partial charge on any atom is 0.421 e. The fourth-order valence-corrected chi connectivity index (χ4v) is 3.16. The van der Waals surface area contributed by atoms with Gasteiger partial charge in [-0.05, 0) is 36.4 Å². The van der Waals surface area contributed by atoms with Crippen LogP contribution in [0.2, 0.25) is 19.6 Å². The van der Waals surface area contributed by atoms with Gasteiger partial charge >= 0.3 is 6.09 Å². The number of hydrogen-bond donors (Lipinski definition) is 1. The van der Waals surface area contributed by atoms with Gasteiger partial charge in [-0.15, -0.1) is 5.54 Å². The van der Waals surface area contributed by atoms with Gasteiger partial charge in [-0.2, -0.15) is 0 Å². The van der Waals surface area contributed by atoms with Gasteiger partial charge in [-0.25, -0.2) is 4.79 Å². The lowest BCUT2D eigenvalue weighted by Crippen LogP contribution is -2.42. The highest BCUT2D eigenvalue weighted by molar-refractivity contribution is 6.83. The Bertz CT molecular complexity index is 904. The van der Waals surface area contributed by atoms with Crippen LogP contribution in [0.25, 0.3) is 6.08 Å². The highest BCUT2D eigenvalue weighted by Gasteiger charge is 2.29. The topological polar surface area (TPSA) is 49.8 Å². The first kappa shape index (κ1) is 17.8. The normalized spacial score (nSPS) is 15.7. The van der Waals surface area contributed by atoms with Crippen molar-refractivity contribution in [3.8, 4) is 23.0 Å². The molecule has 0 fully saturated rings. The summed E-state index contributed by atoms with van der Waals surface area (Å²) in [5, 5.41) is 9.73. The van der Waals surface area contributed by atoms with Crippen molar-refractivity contribution in [3.05, 3.63) is 60.2 Å². The van der Waals surface area contributed by atoms with Crippen molar-refractivity contribution in [2.24, 2.45) is 0 Å². The molecular formula is C21H21NO3Si. The minimum atomic E-state index is -1.59. The second kappa shape index (κ2) is 7.10. The lowest BCUT2D eigenvalue weighted by Gasteiger charge is -2.30. The van der Waals surface area contributed by atoms with Gasteiger partial charge in [-0.3, -0.25) is 4.90 Å². The number of phenolic OH excluding ortho intramolecular Hbond substituents is 1. The van der Waals surface area contributed by atoms with Gasteiger partial charge in [-0.1, -0.05) is 49.8 Å². The number of amides is 1. The fourth-order valence-electron chi connectivity index (χ4n) is 2.58. The summed E-state index contributed by atoms with van der Waals surface area (Å²) in [7, 11) is -1.59. The van der Waals surface area contributed by atoms with Crippen molar-refractivity contribution in [1.82, 2.24) is 0 Å². The number of ether oxygens (including phenoxy) is 1. The number of anilines is 1. The van der Waals surface area contributed by atoms with E-state index in [1.807, 2.05) is 30.4 Å². The molecule has 4 nitrogen and oxygen atoms in total. The van der Waals surface area contributed by atoms with Gasteiger partial charge < -0.3 is 9.84 Å². The van der Waals surface area contributed by atoms with Crippen LogP contribution in [0.3, 0.4) is 0 Å². The molecule has 1 aliphatic rings. The summed E-state index contributed by atoms with van der Waals surface area (Å²) < 4.78 is 5.54. The summed E-state index contributed by atoms with van der Waals surface area (Å²) in [6.07, 6.45) is 3.24. The van der Waals surface area contributed by atoms with Crippen LogP contribution in [-0.4, -0.2) is 25.3 Å². The predicted molar refractivity (Wildman–Crippen MR) is 107 cm³/mol. The second-order valence-corrected chi connectivity index (χ2v) is 11.9. The highest BCUT2D eigenvalue weighted by atomic mass is 28.3. The van der Waals surface area contributed by atoms with Gasteiger partial charge in [0.05, 0.1) is 5.69 Å². The van der Waals surface area contributed by atoms with Gasteiger partial charge in [0.1, 0.15) is 25.6 Å². The van der Waals surface area contributed by atoms with Crippen LogP contribution in [0.1, 0.15) is 5.56 Å². The van der Waals surface area contributed by atoms with Crippen molar-refractivity contribution in [3.63, 3.8) is 0 Å². The van der Waals surface area contributed by atoms with E-state index in [9.17, 15) is 9.90 Å². The maximum atomic E-state index is 12.9. The average molecular weight is 363 g/mol. The number of fused-ring (bicyclic) bond motifs is 1. The molecular weight excluding hydrogens is 342 g/mol. The third-order valence-corrected chi connectivity index (χ3v) is 4.64. The van der Waals surface area contributed by atoms with Crippen LogP contribution in [0, 0.1) is 11.5 Å². The Hall–Kier alpha value is -2.97. The molecule has 0 bridgehead atoms. The Morgan fingerprint density at radius 1 is 1.15 bits per heavy atom. The standard InChI is InChI=1S/C21H21NO3Si/c1-26(2,3)14-13-17-10-9-16-15-18(23)11-12-20(16)22(17)21(24)25-19-7-5-4-6-8-19/h4-12,15,17,23H,1-3H3. The number of phenols is 1. The molecule has 2 aromatic rings. The average Bonchev–Trinajstić information content (AvgIpc) is 2.59. The molecule has 0 aromatic heterocycles. The number of rotatable bonds is 1. The molecule has 0 saturated carbocycles. The zero-order valence-electron chi connectivity index (χ0n) is 15.1. The largest absolute Gasteiger partial charge is 0.508 e. The number of nitrogens with zero attached hydrogens (tertiary/aromatic N) is 1. The molecule has 1 N–H and O–H groups in total. The molecule has 1 aliphatic heterocycles. The van der Waals surface area contributed by atoms with Crippen molar-refractivity contribution in [2.75, 3.05) is 4.90 Å². The summed E-state index contributed by atoms with van der Waals surface area (Å²) >= 11 is 0. The van der Waals surface area contributed by atoms with Crippen molar-refractivity contribution in [2.45, 2.75) is 25.7 Å². The number of carbonyl (C=O) groups is 1. The van der Waals surface area contributed by atoms with Gasteiger partial charge in [0, 0.05) is 5.56 Å². The van der Waals surface area contributed by atoms with Crippen molar-refractivity contribution < 1.29 is 14.6 Å². The summed E-state index contributed by atoms with van der Waals surface area (Å²) in [5.74, 6) is 3.85. The minimum Gasteiger partial charge on any atom is -0.508 e. The highest BCUT2D eigenvalue weighted by Crippen LogP contribution is 2.32. The van der Waals surface area contributed by atoms with Crippen LogP contribution in [0.5, 0.6) is 11.5 Å². The van der Waals surface area contributed by atoms with Crippen LogP contribution < -0.4 is 9.64 Å². The Labute approximate surface area is 154 Å². The van der Waals surface area contributed by atoms with E-state index in [0.717, 1.165) is 5.56 Å². The monoisotopic (exact) mass is 363 g/mol. The molecule has 132 valence electrons. The first-order valence-corrected chi connectivity index (χ1v) is 11.9. The van der Waals surface area contributed by atoms with Crippen molar-refractivity contribution in [1.29, 1.82) is 0 Å². The van der Waals surface area contributed by atoms with E-state index in [1.165, 1.54) is 4.90 Å². The van der Waals surface area contributed by atoms with E-state index in [-0.39, 0.29) is 5.75 Å². The van der Waals surface area contributed by atoms with E-state index in [2.05, 4.69) is 31.1 Å². The number of hydrogen-bond acceptors (Lipinski definition) is 3. The minimum absolute atomic E-state index is 0.149. The number of aromatic hydroxyl groups is 1. The van der Waals surface area contributed by atoms with E-state index < -0.39 is 20.2 Å². The molecule has 0 radical (unpaired) electrons. The maximum absolute atomic E-state index is 12.9. The van der Waals surface area contributed by atoms with Gasteiger partial charge in [0.2, 0.25) is 0 Å². The van der Waals surface area contributed by atoms with Crippen LogP contribution in [0.15, 0.2) is 54.6 Å². The molecule has 1 amide bonds. The predicted octanol–water partition coefficient (Wildman–Crippen LogP) is 4.67. The first-order chi connectivity index (χ1) is 12.3. The quantitative estimate of drug-likeness (QED) is 0.591. The smallest absolute Gasteiger partial charge is 0.421 e. The molecule has 0 spiro atoms. The SMILES string of the molecule is C[Si](C)(C)C#CC1C=Cc2cc(O)ccc2N1C(=O)Oc1ccccc1. The lowest BCUT2D eigenvalue weighted by atomic mass is 10.0. The zero-order valence-corrected chi connectivity index (χ0v) is 16.1. The molecule has 0 saturated heterocycles. The summed E-state index contributed by atoms with van der Waals surface area (Å²) in [6, 6.07) is 13.4. The summed E-state index contributed by atoms with van der Waals surface area (Å²) in [6.45, 7) is 6.47. The Morgan fingerprint density at radius 3 is 2.58 bits per heavy atom. The number of para-hydroxylation sites is 1. The zero-order chi connectivity index (χ0) is 18.7. The molecule has 5 heteroatoms. The van der Waals surface area contributed by atoms with E-state index in [1.54, 1.807) is 30.3 Å². The molecule has 0 aliphatic carbocycles. The van der Waals surface area contributed by atoms with E-state index >= 15 is 0 Å². The van der Waals surface area contributed by atoms with E-state index in [4.69, 9.17) is 4.74 Å². The van der Waals surface area contributed by atoms with Crippen LogP contribution in [-0.2, 0) is 0 Å². The second-order valence-electron chi connectivity index (χ2n) is 7.12. The number of benzene rings is 2. The van der Waals surface area contributed by atoms with Crippen LogP contribution in [0.4, 0.5) is 10.5 Å². The molecule has 1 atom stereocenters. The summed E-state index contributed by atoms with van der Waals surface area (Å²) in [4.78, 5) is 14.4. The van der Waals surface area contributed by atoms with Crippen molar-refractivity contribution >= 4 is 25.9 Å². The molecule has 3 rings (SSSR count). The molecule has 26 heavy (non-hydrogen) atoms.